The van der Waals surface area contributed by atoms with Crippen molar-refractivity contribution < 1.29 is 4.79 Å². The zero-order valence-electron chi connectivity index (χ0n) is 15.1. The van der Waals surface area contributed by atoms with Crippen molar-refractivity contribution in [1.82, 2.24) is 10.2 Å². The molecule has 0 radical (unpaired) electrons. The fraction of sp³-hybridized carbons (Fsp3) is 0.381. The van der Waals surface area contributed by atoms with E-state index < -0.39 is 0 Å². The highest BCUT2D eigenvalue weighted by molar-refractivity contribution is 5.83. The number of nitrogens with zero attached hydrogens (tertiary/aromatic N) is 1. The lowest BCUT2D eigenvalue weighted by molar-refractivity contribution is -0.133. The molecule has 0 saturated heterocycles. The summed E-state index contributed by atoms with van der Waals surface area (Å²) in [6.07, 6.45) is 0. The van der Waals surface area contributed by atoms with Crippen LogP contribution in [-0.4, -0.2) is 23.9 Å². The van der Waals surface area contributed by atoms with Crippen molar-refractivity contribution in [2.45, 2.75) is 39.8 Å². The normalized spacial score (nSPS) is 13.3. The van der Waals surface area contributed by atoms with E-state index in [2.05, 4.69) is 31.3 Å². The molecule has 128 valence electrons. The van der Waals surface area contributed by atoms with Gasteiger partial charge in [0, 0.05) is 19.1 Å². The maximum atomic E-state index is 13.0. The van der Waals surface area contributed by atoms with Crippen molar-refractivity contribution in [1.29, 1.82) is 0 Å². The molecule has 0 aromatic heterocycles. The third kappa shape index (κ3) is 4.24. The van der Waals surface area contributed by atoms with E-state index in [1.807, 2.05) is 61.2 Å². The Hall–Kier alpha value is -2.13. The van der Waals surface area contributed by atoms with Crippen molar-refractivity contribution in [2.24, 2.45) is 0 Å². The molecule has 0 aliphatic rings. The molecule has 0 spiro atoms. The van der Waals surface area contributed by atoms with Gasteiger partial charge in [-0.1, -0.05) is 54.6 Å². The van der Waals surface area contributed by atoms with Gasteiger partial charge in [0.05, 0.1) is 0 Å². The zero-order chi connectivity index (χ0) is 17.5. The third-order valence-corrected chi connectivity index (χ3v) is 4.53. The molecule has 3 heteroatoms. The highest BCUT2D eigenvalue weighted by atomic mass is 16.2. The van der Waals surface area contributed by atoms with Crippen LogP contribution in [0.1, 0.15) is 49.5 Å². The highest BCUT2D eigenvalue weighted by Gasteiger charge is 2.26. The second-order valence-electron chi connectivity index (χ2n) is 6.10. The molecule has 0 saturated carbocycles. The number of carbonyl (C=O) groups excluding carboxylic acids is 1. The Morgan fingerprint density at radius 1 is 1.00 bits per heavy atom. The third-order valence-electron chi connectivity index (χ3n) is 4.53. The summed E-state index contributed by atoms with van der Waals surface area (Å²) in [5.74, 6) is 0.131. The van der Waals surface area contributed by atoms with Crippen molar-refractivity contribution in [3.63, 3.8) is 0 Å². The molecule has 0 aliphatic carbocycles. The van der Waals surface area contributed by atoms with Crippen LogP contribution in [0.4, 0.5) is 0 Å². The maximum Gasteiger partial charge on any atom is 0.244 e. The molecular weight excluding hydrogens is 296 g/mol. The second-order valence-corrected chi connectivity index (χ2v) is 6.10. The Morgan fingerprint density at radius 3 is 2.17 bits per heavy atom. The van der Waals surface area contributed by atoms with E-state index >= 15 is 0 Å². The van der Waals surface area contributed by atoms with E-state index in [1.165, 1.54) is 11.1 Å². The van der Waals surface area contributed by atoms with Gasteiger partial charge in [0.25, 0.3) is 0 Å². The van der Waals surface area contributed by atoms with Gasteiger partial charge in [-0.25, -0.2) is 0 Å². The van der Waals surface area contributed by atoms with E-state index in [9.17, 15) is 4.79 Å². The van der Waals surface area contributed by atoms with Crippen LogP contribution in [0.25, 0.3) is 0 Å². The Morgan fingerprint density at radius 2 is 1.58 bits per heavy atom. The number of amides is 1. The number of rotatable bonds is 7. The summed E-state index contributed by atoms with van der Waals surface area (Å²) in [4.78, 5) is 14.9. The number of carbonyl (C=O) groups is 1. The largest absolute Gasteiger partial charge is 0.342 e. The summed E-state index contributed by atoms with van der Waals surface area (Å²) in [5, 5.41) is 3.55. The molecule has 1 N–H and O–H groups in total. The van der Waals surface area contributed by atoms with Crippen LogP contribution in [0.5, 0.6) is 0 Å². The maximum absolute atomic E-state index is 13.0. The highest BCUT2D eigenvalue weighted by Crippen LogP contribution is 2.23. The minimum Gasteiger partial charge on any atom is -0.342 e. The average Bonchev–Trinajstić information content (AvgIpc) is 2.61. The van der Waals surface area contributed by atoms with E-state index in [1.54, 1.807) is 0 Å². The SMILES string of the molecule is CCN(CC)C(=O)C(NC(C)c1ccccc1C)c1ccccc1. The number of likely N-dealkylation sites (N-methyl/N-ethyl adjacent to an activating group) is 1. The van der Waals surface area contributed by atoms with Gasteiger partial charge in [0.1, 0.15) is 6.04 Å². The Bertz CT molecular complexity index is 650. The molecular formula is C21H28N2O. The first-order valence-electron chi connectivity index (χ1n) is 8.73. The minimum atomic E-state index is -0.333. The summed E-state index contributed by atoms with van der Waals surface area (Å²) in [6, 6.07) is 18.1. The summed E-state index contributed by atoms with van der Waals surface area (Å²) in [6.45, 7) is 9.71. The first-order chi connectivity index (χ1) is 11.6. The second kappa shape index (κ2) is 8.65. The average molecular weight is 324 g/mol. The van der Waals surface area contributed by atoms with E-state index in [-0.39, 0.29) is 18.0 Å². The fourth-order valence-electron chi connectivity index (χ4n) is 3.09. The number of hydrogen-bond donors (Lipinski definition) is 1. The van der Waals surface area contributed by atoms with Gasteiger partial charge in [-0.05, 0) is 44.4 Å². The number of benzene rings is 2. The van der Waals surface area contributed by atoms with Gasteiger partial charge in [0.2, 0.25) is 5.91 Å². The topological polar surface area (TPSA) is 32.3 Å². The van der Waals surface area contributed by atoms with Gasteiger partial charge >= 0.3 is 0 Å². The summed E-state index contributed by atoms with van der Waals surface area (Å²) >= 11 is 0. The minimum absolute atomic E-state index is 0.0934. The van der Waals surface area contributed by atoms with Crippen LogP contribution in [0.2, 0.25) is 0 Å². The van der Waals surface area contributed by atoms with E-state index in [0.717, 1.165) is 18.7 Å². The van der Waals surface area contributed by atoms with E-state index in [0.29, 0.717) is 0 Å². The molecule has 3 nitrogen and oxygen atoms in total. The van der Waals surface area contributed by atoms with Crippen LogP contribution >= 0.6 is 0 Å². The van der Waals surface area contributed by atoms with Gasteiger partial charge in [-0.2, -0.15) is 0 Å². The summed E-state index contributed by atoms with van der Waals surface area (Å²) < 4.78 is 0. The molecule has 2 aromatic rings. The molecule has 2 atom stereocenters. The monoisotopic (exact) mass is 324 g/mol. The van der Waals surface area contributed by atoms with Crippen LogP contribution in [0.15, 0.2) is 54.6 Å². The standard InChI is InChI=1S/C21H28N2O/c1-5-23(6-2)21(24)20(18-13-8-7-9-14-18)22-17(4)19-15-11-10-12-16(19)3/h7-15,17,20,22H,5-6H2,1-4H3. The summed E-state index contributed by atoms with van der Waals surface area (Å²) in [7, 11) is 0. The van der Waals surface area contributed by atoms with Crippen LogP contribution < -0.4 is 5.32 Å². The fourth-order valence-corrected chi connectivity index (χ4v) is 3.09. The lowest BCUT2D eigenvalue weighted by atomic mass is 9.99. The van der Waals surface area contributed by atoms with Gasteiger partial charge in [-0.15, -0.1) is 0 Å². The molecule has 0 aliphatic heterocycles. The quantitative estimate of drug-likeness (QED) is 0.825. The number of hydrogen-bond acceptors (Lipinski definition) is 2. The van der Waals surface area contributed by atoms with Crippen molar-refractivity contribution in [2.75, 3.05) is 13.1 Å². The summed E-state index contributed by atoms with van der Waals surface area (Å²) in [5.41, 5.74) is 3.47. The molecule has 0 bridgehead atoms. The smallest absolute Gasteiger partial charge is 0.244 e. The zero-order valence-corrected chi connectivity index (χ0v) is 15.1. The van der Waals surface area contributed by atoms with Crippen molar-refractivity contribution >= 4 is 5.91 Å². The Labute approximate surface area is 145 Å². The lowest BCUT2D eigenvalue weighted by Crippen LogP contribution is -2.41. The first-order valence-corrected chi connectivity index (χ1v) is 8.73. The molecule has 0 fully saturated rings. The molecule has 24 heavy (non-hydrogen) atoms. The number of aryl methyl sites for hydroxylation is 1. The predicted octanol–water partition coefficient (Wildman–Crippen LogP) is 4.26. The molecule has 0 heterocycles. The van der Waals surface area contributed by atoms with Gasteiger partial charge in [-0.3, -0.25) is 10.1 Å². The van der Waals surface area contributed by atoms with Crippen LogP contribution in [0.3, 0.4) is 0 Å². The molecule has 2 rings (SSSR count). The van der Waals surface area contributed by atoms with Crippen LogP contribution in [0, 0.1) is 6.92 Å². The Balaban J connectivity index is 2.29. The molecule has 1 amide bonds. The predicted molar refractivity (Wildman–Crippen MR) is 99.8 cm³/mol. The number of nitrogens with one attached hydrogen (secondary N) is 1. The first kappa shape index (κ1) is 18.2. The lowest BCUT2D eigenvalue weighted by Gasteiger charge is -2.29. The van der Waals surface area contributed by atoms with Crippen LogP contribution in [-0.2, 0) is 4.79 Å². The van der Waals surface area contributed by atoms with Crippen molar-refractivity contribution in [3.05, 3.63) is 71.3 Å². The molecule has 2 aromatic carbocycles. The van der Waals surface area contributed by atoms with Crippen molar-refractivity contribution in [3.8, 4) is 0 Å². The Kier molecular flexibility index (Phi) is 6.56. The van der Waals surface area contributed by atoms with E-state index in [4.69, 9.17) is 0 Å². The van der Waals surface area contributed by atoms with Gasteiger partial charge in [0.15, 0.2) is 0 Å². The molecule has 2 unspecified atom stereocenters. The van der Waals surface area contributed by atoms with Gasteiger partial charge < -0.3 is 4.90 Å².